The monoisotopic (exact) mass is 279 g/mol. The zero-order chi connectivity index (χ0) is 13.7. The van der Waals surface area contributed by atoms with Crippen molar-refractivity contribution in [3.63, 3.8) is 0 Å². The third-order valence-corrected chi connectivity index (χ3v) is 4.34. The van der Waals surface area contributed by atoms with E-state index in [9.17, 15) is 4.79 Å². The predicted octanol–water partition coefficient (Wildman–Crippen LogP) is 1.75. The highest BCUT2D eigenvalue weighted by molar-refractivity contribution is 8.14. The Kier molecular flexibility index (Phi) is 5.07. The van der Waals surface area contributed by atoms with E-state index >= 15 is 0 Å². The molecule has 19 heavy (non-hydrogen) atoms. The summed E-state index contributed by atoms with van der Waals surface area (Å²) in [5.74, 6) is 0.104. The van der Waals surface area contributed by atoms with Crippen molar-refractivity contribution in [1.29, 1.82) is 0 Å². The molecule has 0 aromatic carbocycles. The van der Waals surface area contributed by atoms with Crippen LogP contribution in [0.2, 0.25) is 0 Å². The fourth-order valence-electron chi connectivity index (χ4n) is 2.11. The van der Waals surface area contributed by atoms with Crippen molar-refractivity contribution < 1.29 is 4.79 Å². The van der Waals surface area contributed by atoms with Crippen LogP contribution in [0.15, 0.2) is 29.3 Å². The van der Waals surface area contributed by atoms with Crippen LogP contribution in [0.3, 0.4) is 0 Å². The normalized spacial score (nSPS) is 24.5. The molecule has 0 radical (unpaired) electrons. The molecule has 0 N–H and O–H groups in total. The van der Waals surface area contributed by atoms with Crippen LogP contribution < -0.4 is 0 Å². The molecule has 2 rings (SSSR count). The van der Waals surface area contributed by atoms with Gasteiger partial charge in [-0.3, -0.25) is 9.79 Å². The number of amides is 1. The molecule has 0 saturated carbocycles. The molecule has 1 fully saturated rings. The Bertz CT molecular complexity index is 409. The summed E-state index contributed by atoms with van der Waals surface area (Å²) in [4.78, 5) is 20.7. The molecule has 2 heterocycles. The summed E-state index contributed by atoms with van der Waals surface area (Å²) in [5, 5.41) is 1.75. The van der Waals surface area contributed by atoms with Gasteiger partial charge in [0, 0.05) is 37.5 Å². The molecule has 5 heteroatoms. The Hall–Kier alpha value is -1.23. The van der Waals surface area contributed by atoms with Crippen LogP contribution in [-0.2, 0) is 4.79 Å². The number of nitrogens with zero attached hydrogens (tertiary/aromatic N) is 3. The Balaban J connectivity index is 1.81. The molecular formula is C14H21N3OS. The lowest BCUT2D eigenvalue weighted by Crippen LogP contribution is -2.49. The van der Waals surface area contributed by atoms with Crippen molar-refractivity contribution in [2.45, 2.75) is 19.1 Å². The van der Waals surface area contributed by atoms with Gasteiger partial charge in [-0.1, -0.05) is 36.9 Å². The molecule has 104 valence electrons. The Morgan fingerprint density at radius 3 is 2.63 bits per heavy atom. The molecule has 4 nitrogen and oxygen atoms in total. The summed E-state index contributed by atoms with van der Waals surface area (Å²) < 4.78 is 0. The zero-order valence-corrected chi connectivity index (χ0v) is 12.4. The lowest BCUT2D eigenvalue weighted by molar-refractivity contribution is -0.127. The lowest BCUT2D eigenvalue weighted by atomic mass is 10.3. The summed E-state index contributed by atoms with van der Waals surface area (Å²) in [7, 11) is 0. The fourth-order valence-corrected chi connectivity index (χ4v) is 3.10. The molecule has 0 spiro atoms. The quantitative estimate of drug-likeness (QED) is 0.571. The molecule has 0 aromatic rings. The minimum absolute atomic E-state index is 0.104. The number of aliphatic imine (C=N–C) groups is 1. The van der Waals surface area contributed by atoms with Crippen LogP contribution in [0.25, 0.3) is 0 Å². The van der Waals surface area contributed by atoms with Crippen molar-refractivity contribution in [1.82, 2.24) is 9.80 Å². The lowest BCUT2D eigenvalue weighted by Gasteiger charge is -2.35. The highest BCUT2D eigenvalue weighted by Crippen LogP contribution is 2.23. The summed E-state index contributed by atoms with van der Waals surface area (Å²) in [6, 6.07) is 0. The molecule has 0 aliphatic carbocycles. The van der Waals surface area contributed by atoms with Gasteiger partial charge in [0.25, 0.3) is 0 Å². The van der Waals surface area contributed by atoms with Crippen LogP contribution >= 0.6 is 11.8 Å². The average molecular weight is 279 g/mol. The summed E-state index contributed by atoms with van der Waals surface area (Å²) >= 11 is 1.85. The molecule has 0 unspecified atom stereocenters. The molecular weight excluding hydrogens is 258 g/mol. The largest absolute Gasteiger partial charge is 0.348 e. The number of carbonyl (C=O) groups is 1. The minimum Gasteiger partial charge on any atom is -0.348 e. The first kappa shape index (κ1) is 14.2. The zero-order valence-electron chi connectivity index (χ0n) is 11.6. The third-order valence-electron chi connectivity index (χ3n) is 3.19. The average Bonchev–Trinajstić information content (AvgIpc) is 2.86. The number of rotatable bonds is 2. The predicted molar refractivity (Wildman–Crippen MR) is 81.5 cm³/mol. The van der Waals surface area contributed by atoms with E-state index in [0.29, 0.717) is 5.25 Å². The van der Waals surface area contributed by atoms with E-state index in [4.69, 9.17) is 0 Å². The maximum absolute atomic E-state index is 11.9. The van der Waals surface area contributed by atoms with Gasteiger partial charge in [0.1, 0.15) is 0 Å². The topological polar surface area (TPSA) is 35.9 Å². The first-order chi connectivity index (χ1) is 9.20. The van der Waals surface area contributed by atoms with Crippen LogP contribution in [0.5, 0.6) is 0 Å². The van der Waals surface area contributed by atoms with E-state index in [0.717, 1.165) is 37.9 Å². The first-order valence-electron chi connectivity index (χ1n) is 6.75. The Morgan fingerprint density at radius 2 is 2.05 bits per heavy atom. The van der Waals surface area contributed by atoms with Crippen molar-refractivity contribution >= 4 is 22.8 Å². The summed E-state index contributed by atoms with van der Waals surface area (Å²) in [6.45, 7) is 8.41. The van der Waals surface area contributed by atoms with Gasteiger partial charge in [-0.15, -0.1) is 0 Å². The van der Waals surface area contributed by atoms with Crippen molar-refractivity contribution in [3.8, 4) is 0 Å². The van der Waals surface area contributed by atoms with Gasteiger partial charge in [-0.25, -0.2) is 0 Å². The summed E-state index contributed by atoms with van der Waals surface area (Å²) in [5.41, 5.74) is 0. The van der Waals surface area contributed by atoms with Crippen molar-refractivity contribution in [2.24, 2.45) is 4.99 Å². The van der Waals surface area contributed by atoms with E-state index in [2.05, 4.69) is 16.8 Å². The van der Waals surface area contributed by atoms with E-state index in [1.165, 1.54) is 0 Å². The molecule has 2 aliphatic heterocycles. The number of thioether (sulfide) groups is 1. The van der Waals surface area contributed by atoms with Gasteiger partial charge in [0.05, 0.1) is 6.54 Å². The molecule has 2 aliphatic rings. The standard InChI is InChI=1S/C14H21N3OS/c1-3-4-5-6-13(18)16-7-9-17(10-8-16)14-15-11-12(2)19-14/h3-6,12H,7-11H2,1-2H3/b4-3+,6-5+/t12-/m1/s1. The third kappa shape index (κ3) is 3.86. The van der Waals surface area contributed by atoms with Gasteiger partial charge in [-0.05, 0) is 6.92 Å². The first-order valence-corrected chi connectivity index (χ1v) is 7.63. The van der Waals surface area contributed by atoms with Crippen molar-refractivity contribution in [2.75, 3.05) is 32.7 Å². The van der Waals surface area contributed by atoms with E-state index in [-0.39, 0.29) is 5.91 Å². The van der Waals surface area contributed by atoms with Gasteiger partial charge in [0.2, 0.25) is 5.91 Å². The van der Waals surface area contributed by atoms with Crippen LogP contribution in [-0.4, -0.2) is 58.8 Å². The molecule has 1 amide bonds. The highest BCUT2D eigenvalue weighted by atomic mass is 32.2. The number of carbonyl (C=O) groups excluding carboxylic acids is 1. The van der Waals surface area contributed by atoms with E-state index < -0.39 is 0 Å². The second-order valence-electron chi connectivity index (χ2n) is 4.75. The van der Waals surface area contributed by atoms with Crippen LogP contribution in [0.4, 0.5) is 0 Å². The van der Waals surface area contributed by atoms with Gasteiger partial charge in [0.15, 0.2) is 5.17 Å². The maximum atomic E-state index is 11.9. The van der Waals surface area contributed by atoms with Gasteiger partial charge in [-0.2, -0.15) is 0 Å². The number of amidine groups is 1. The van der Waals surface area contributed by atoms with E-state index in [1.807, 2.05) is 35.7 Å². The smallest absolute Gasteiger partial charge is 0.246 e. The second-order valence-corrected chi connectivity index (χ2v) is 6.15. The highest BCUT2D eigenvalue weighted by Gasteiger charge is 2.25. The number of allylic oxidation sites excluding steroid dienone is 3. The Labute approximate surface area is 119 Å². The van der Waals surface area contributed by atoms with Gasteiger partial charge < -0.3 is 9.80 Å². The Morgan fingerprint density at radius 1 is 1.32 bits per heavy atom. The SMILES string of the molecule is C/C=C/C=C/C(=O)N1CCN(C2=NC[C@@H](C)S2)CC1. The van der Waals surface area contributed by atoms with Crippen LogP contribution in [0, 0.1) is 0 Å². The van der Waals surface area contributed by atoms with Gasteiger partial charge >= 0.3 is 0 Å². The van der Waals surface area contributed by atoms with Crippen LogP contribution in [0.1, 0.15) is 13.8 Å². The number of hydrogen-bond donors (Lipinski definition) is 0. The molecule has 1 atom stereocenters. The summed E-state index contributed by atoms with van der Waals surface area (Å²) in [6.07, 6.45) is 7.23. The number of hydrogen-bond acceptors (Lipinski definition) is 4. The molecule has 0 bridgehead atoms. The molecule has 0 aromatic heterocycles. The van der Waals surface area contributed by atoms with Crippen molar-refractivity contribution in [3.05, 3.63) is 24.3 Å². The second kappa shape index (κ2) is 6.80. The maximum Gasteiger partial charge on any atom is 0.246 e. The number of piperazine rings is 1. The molecule has 1 saturated heterocycles. The van der Waals surface area contributed by atoms with E-state index in [1.54, 1.807) is 12.2 Å². The minimum atomic E-state index is 0.104. The fraction of sp³-hybridized carbons (Fsp3) is 0.571.